The van der Waals surface area contributed by atoms with Gasteiger partial charge in [-0.1, -0.05) is 24.3 Å². The van der Waals surface area contributed by atoms with Crippen LogP contribution in [-0.2, 0) is 6.42 Å². The standard InChI is InChI=1S/C15H14N2O/c1-10-4-2-7-13-15(10)17-14(18-13)9-11-5-3-6-12(16)8-11/h2-8H,9,16H2,1H3. The highest BCUT2D eigenvalue weighted by atomic mass is 16.3. The van der Waals surface area contributed by atoms with Gasteiger partial charge in [0, 0.05) is 12.1 Å². The molecule has 1 heterocycles. The van der Waals surface area contributed by atoms with Crippen molar-refractivity contribution in [3.63, 3.8) is 0 Å². The molecule has 3 heteroatoms. The Morgan fingerprint density at radius 2 is 2.00 bits per heavy atom. The van der Waals surface area contributed by atoms with Crippen LogP contribution in [-0.4, -0.2) is 4.98 Å². The molecule has 0 aliphatic heterocycles. The van der Waals surface area contributed by atoms with Crippen molar-refractivity contribution in [3.8, 4) is 0 Å². The lowest BCUT2D eigenvalue weighted by molar-refractivity contribution is 0.544. The summed E-state index contributed by atoms with van der Waals surface area (Å²) in [4.78, 5) is 4.53. The number of nitrogen functional groups attached to an aromatic ring is 1. The van der Waals surface area contributed by atoms with Crippen molar-refractivity contribution in [2.45, 2.75) is 13.3 Å². The molecule has 0 saturated carbocycles. The molecule has 0 saturated heterocycles. The Morgan fingerprint density at radius 1 is 1.17 bits per heavy atom. The van der Waals surface area contributed by atoms with E-state index < -0.39 is 0 Å². The molecule has 18 heavy (non-hydrogen) atoms. The van der Waals surface area contributed by atoms with Crippen LogP contribution in [0.5, 0.6) is 0 Å². The first-order chi connectivity index (χ1) is 8.72. The van der Waals surface area contributed by atoms with Crippen molar-refractivity contribution in [3.05, 3.63) is 59.5 Å². The Balaban J connectivity index is 1.98. The molecule has 0 radical (unpaired) electrons. The molecule has 0 bridgehead atoms. The van der Waals surface area contributed by atoms with E-state index in [2.05, 4.69) is 4.98 Å². The van der Waals surface area contributed by atoms with Gasteiger partial charge < -0.3 is 10.2 Å². The number of aromatic nitrogens is 1. The lowest BCUT2D eigenvalue weighted by atomic mass is 10.1. The van der Waals surface area contributed by atoms with E-state index in [1.54, 1.807) is 0 Å². The maximum atomic E-state index is 5.76. The van der Waals surface area contributed by atoms with E-state index >= 15 is 0 Å². The van der Waals surface area contributed by atoms with Crippen LogP contribution in [0.2, 0.25) is 0 Å². The normalized spacial score (nSPS) is 10.9. The second kappa shape index (κ2) is 4.18. The van der Waals surface area contributed by atoms with Gasteiger partial charge in [0.15, 0.2) is 11.5 Å². The number of rotatable bonds is 2. The first-order valence-electron chi connectivity index (χ1n) is 5.92. The Kier molecular flexibility index (Phi) is 2.52. The molecule has 90 valence electrons. The van der Waals surface area contributed by atoms with Gasteiger partial charge in [0.05, 0.1) is 0 Å². The van der Waals surface area contributed by atoms with Crippen LogP contribution in [0, 0.1) is 6.92 Å². The average molecular weight is 238 g/mol. The molecule has 0 spiro atoms. The maximum Gasteiger partial charge on any atom is 0.199 e. The third-order valence-corrected chi connectivity index (χ3v) is 2.97. The third-order valence-electron chi connectivity index (χ3n) is 2.97. The Labute approximate surface area is 105 Å². The summed E-state index contributed by atoms with van der Waals surface area (Å²) in [6.45, 7) is 2.04. The summed E-state index contributed by atoms with van der Waals surface area (Å²) in [5, 5.41) is 0. The highest BCUT2D eigenvalue weighted by Gasteiger charge is 2.08. The van der Waals surface area contributed by atoms with E-state index in [9.17, 15) is 0 Å². The fourth-order valence-corrected chi connectivity index (χ4v) is 2.09. The van der Waals surface area contributed by atoms with Crippen LogP contribution < -0.4 is 5.73 Å². The number of benzene rings is 2. The monoisotopic (exact) mass is 238 g/mol. The van der Waals surface area contributed by atoms with Crippen molar-refractivity contribution in [1.82, 2.24) is 4.98 Å². The van der Waals surface area contributed by atoms with E-state index in [4.69, 9.17) is 10.2 Å². The topological polar surface area (TPSA) is 52.0 Å². The van der Waals surface area contributed by atoms with Crippen LogP contribution in [0.25, 0.3) is 11.1 Å². The van der Waals surface area contributed by atoms with Crippen molar-refractivity contribution in [2.24, 2.45) is 0 Å². The molecule has 0 unspecified atom stereocenters. The van der Waals surface area contributed by atoms with E-state index in [0.717, 1.165) is 33.8 Å². The fourth-order valence-electron chi connectivity index (χ4n) is 2.09. The molecule has 1 aromatic heterocycles. The quantitative estimate of drug-likeness (QED) is 0.697. The summed E-state index contributed by atoms with van der Waals surface area (Å²) in [7, 11) is 0. The van der Waals surface area contributed by atoms with Crippen LogP contribution in [0.3, 0.4) is 0 Å². The molecular formula is C15H14N2O. The van der Waals surface area contributed by atoms with E-state index in [1.807, 2.05) is 49.4 Å². The minimum atomic E-state index is 0.666. The second-order valence-electron chi connectivity index (χ2n) is 4.45. The molecule has 2 N–H and O–H groups in total. The van der Waals surface area contributed by atoms with Gasteiger partial charge in [0.25, 0.3) is 0 Å². The number of nitrogens with two attached hydrogens (primary N) is 1. The van der Waals surface area contributed by atoms with Gasteiger partial charge in [-0.05, 0) is 36.2 Å². The summed E-state index contributed by atoms with van der Waals surface area (Å²) in [5.41, 5.74) is 10.6. The fraction of sp³-hybridized carbons (Fsp3) is 0.133. The molecule has 0 aliphatic carbocycles. The molecule has 0 atom stereocenters. The number of hydrogen-bond acceptors (Lipinski definition) is 3. The minimum absolute atomic E-state index is 0.666. The van der Waals surface area contributed by atoms with Gasteiger partial charge in [-0.15, -0.1) is 0 Å². The Morgan fingerprint density at radius 3 is 2.78 bits per heavy atom. The second-order valence-corrected chi connectivity index (χ2v) is 4.45. The zero-order chi connectivity index (χ0) is 12.5. The van der Waals surface area contributed by atoms with Crippen molar-refractivity contribution >= 4 is 16.8 Å². The number of oxazole rings is 1. The lowest BCUT2D eigenvalue weighted by Crippen LogP contribution is -1.90. The largest absolute Gasteiger partial charge is 0.440 e. The van der Waals surface area contributed by atoms with Crippen molar-refractivity contribution < 1.29 is 4.42 Å². The van der Waals surface area contributed by atoms with Crippen molar-refractivity contribution in [1.29, 1.82) is 0 Å². The molecule has 0 amide bonds. The summed E-state index contributed by atoms with van der Waals surface area (Å²) >= 11 is 0. The predicted octanol–water partition coefficient (Wildman–Crippen LogP) is 3.31. The van der Waals surface area contributed by atoms with Crippen LogP contribution in [0.1, 0.15) is 17.0 Å². The smallest absolute Gasteiger partial charge is 0.199 e. The molecule has 0 fully saturated rings. The van der Waals surface area contributed by atoms with Crippen molar-refractivity contribution in [2.75, 3.05) is 5.73 Å². The molecule has 2 aromatic carbocycles. The van der Waals surface area contributed by atoms with Gasteiger partial charge in [-0.2, -0.15) is 0 Å². The highest BCUT2D eigenvalue weighted by molar-refractivity contribution is 5.76. The van der Waals surface area contributed by atoms with Crippen LogP contribution in [0.15, 0.2) is 46.9 Å². The molecule has 3 rings (SSSR count). The van der Waals surface area contributed by atoms with Gasteiger partial charge >= 0.3 is 0 Å². The Bertz CT molecular complexity index is 701. The average Bonchev–Trinajstić information content (AvgIpc) is 2.73. The summed E-state index contributed by atoms with van der Waals surface area (Å²) in [6.07, 6.45) is 0.666. The molecular weight excluding hydrogens is 224 g/mol. The van der Waals surface area contributed by atoms with Gasteiger partial charge in [0.1, 0.15) is 5.52 Å². The van der Waals surface area contributed by atoms with Crippen LogP contribution in [0.4, 0.5) is 5.69 Å². The third kappa shape index (κ3) is 1.95. The summed E-state index contributed by atoms with van der Waals surface area (Å²) < 4.78 is 5.74. The highest BCUT2D eigenvalue weighted by Crippen LogP contribution is 2.21. The van der Waals surface area contributed by atoms with Gasteiger partial charge in [-0.25, -0.2) is 4.98 Å². The van der Waals surface area contributed by atoms with Crippen LogP contribution >= 0.6 is 0 Å². The number of para-hydroxylation sites is 1. The zero-order valence-electron chi connectivity index (χ0n) is 10.2. The zero-order valence-corrected chi connectivity index (χ0v) is 10.2. The SMILES string of the molecule is Cc1cccc2oc(Cc3cccc(N)c3)nc12. The first kappa shape index (κ1) is 10.8. The maximum absolute atomic E-state index is 5.76. The number of hydrogen-bond donors (Lipinski definition) is 1. The number of anilines is 1. The Hall–Kier alpha value is -2.29. The molecule has 0 aliphatic rings. The summed E-state index contributed by atoms with van der Waals surface area (Å²) in [5.74, 6) is 0.727. The molecule has 3 aromatic rings. The predicted molar refractivity (Wildman–Crippen MR) is 72.4 cm³/mol. The summed E-state index contributed by atoms with van der Waals surface area (Å²) in [6, 6.07) is 13.7. The number of fused-ring (bicyclic) bond motifs is 1. The van der Waals surface area contributed by atoms with Gasteiger partial charge in [0.2, 0.25) is 0 Å². The van der Waals surface area contributed by atoms with E-state index in [-0.39, 0.29) is 0 Å². The van der Waals surface area contributed by atoms with E-state index in [1.165, 1.54) is 0 Å². The molecule has 3 nitrogen and oxygen atoms in total. The lowest BCUT2D eigenvalue weighted by Gasteiger charge is -1.98. The minimum Gasteiger partial charge on any atom is -0.440 e. The van der Waals surface area contributed by atoms with E-state index in [0.29, 0.717) is 6.42 Å². The first-order valence-corrected chi connectivity index (χ1v) is 5.92. The number of aryl methyl sites for hydroxylation is 1. The number of nitrogens with zero attached hydrogens (tertiary/aromatic N) is 1. The van der Waals surface area contributed by atoms with Gasteiger partial charge in [-0.3, -0.25) is 0 Å².